The average molecular weight is 270 g/mol. The van der Waals surface area contributed by atoms with Gasteiger partial charge in [0.2, 0.25) is 0 Å². The summed E-state index contributed by atoms with van der Waals surface area (Å²) in [5, 5.41) is 0.581. The molecule has 0 spiro atoms. The largest absolute Gasteiger partial charge is 0.383 e. The molecule has 0 aliphatic heterocycles. The summed E-state index contributed by atoms with van der Waals surface area (Å²) in [7, 11) is 1.71. The molecule has 1 aliphatic rings. The molecule has 0 radical (unpaired) electrons. The Balaban J connectivity index is 2.28. The van der Waals surface area contributed by atoms with E-state index in [1.165, 1.54) is 12.8 Å². The number of anilines is 1. The van der Waals surface area contributed by atoms with Gasteiger partial charge >= 0.3 is 0 Å². The van der Waals surface area contributed by atoms with Gasteiger partial charge in [-0.1, -0.05) is 11.6 Å². The third-order valence-electron chi connectivity index (χ3n) is 3.27. The third-order valence-corrected chi connectivity index (χ3v) is 3.64. The van der Waals surface area contributed by atoms with Crippen molar-refractivity contribution in [1.29, 1.82) is 0 Å². The molecule has 5 heteroatoms. The van der Waals surface area contributed by atoms with Crippen molar-refractivity contribution in [2.75, 3.05) is 31.7 Å². The molecule has 0 amide bonds. The zero-order valence-corrected chi connectivity index (χ0v) is 12.0. The van der Waals surface area contributed by atoms with Gasteiger partial charge in [-0.2, -0.15) is 0 Å². The van der Waals surface area contributed by atoms with Gasteiger partial charge in [-0.05, 0) is 26.7 Å². The standard InChI is InChI=1S/C13H20ClN3O/c1-4-17(7-8-18-3)13-9(2)11(14)15-12(16-13)10-5-6-10/h10H,4-8H2,1-3H3. The summed E-state index contributed by atoms with van der Waals surface area (Å²) in [6.45, 7) is 6.49. The molecule has 2 rings (SSSR count). The van der Waals surface area contributed by atoms with Crippen LogP contribution in [0, 0.1) is 6.92 Å². The third kappa shape index (κ3) is 2.93. The van der Waals surface area contributed by atoms with E-state index >= 15 is 0 Å². The molecule has 0 unspecified atom stereocenters. The lowest BCUT2D eigenvalue weighted by Gasteiger charge is -2.24. The van der Waals surface area contributed by atoms with Crippen molar-refractivity contribution in [1.82, 2.24) is 9.97 Å². The fraction of sp³-hybridized carbons (Fsp3) is 0.692. The molecule has 100 valence electrons. The van der Waals surface area contributed by atoms with Gasteiger partial charge in [0.15, 0.2) is 0 Å². The van der Waals surface area contributed by atoms with Crippen LogP contribution in [0.1, 0.15) is 37.1 Å². The van der Waals surface area contributed by atoms with Gasteiger partial charge in [0.1, 0.15) is 16.8 Å². The van der Waals surface area contributed by atoms with E-state index in [1.807, 2.05) is 6.92 Å². The van der Waals surface area contributed by atoms with E-state index in [4.69, 9.17) is 21.3 Å². The molecule has 1 aromatic heterocycles. The molecule has 1 saturated carbocycles. The van der Waals surface area contributed by atoms with Gasteiger partial charge in [0.25, 0.3) is 0 Å². The number of methoxy groups -OCH3 is 1. The van der Waals surface area contributed by atoms with Crippen molar-refractivity contribution in [2.45, 2.75) is 32.6 Å². The number of nitrogens with zero attached hydrogens (tertiary/aromatic N) is 3. The fourth-order valence-corrected chi connectivity index (χ4v) is 2.11. The Bertz CT molecular complexity index is 421. The van der Waals surface area contributed by atoms with E-state index in [-0.39, 0.29) is 0 Å². The number of likely N-dealkylation sites (N-methyl/N-ethyl adjacent to an activating group) is 1. The maximum atomic E-state index is 6.22. The van der Waals surface area contributed by atoms with E-state index < -0.39 is 0 Å². The number of hydrogen-bond donors (Lipinski definition) is 0. The quantitative estimate of drug-likeness (QED) is 0.745. The summed E-state index contributed by atoms with van der Waals surface area (Å²) in [5.74, 6) is 2.37. The molecule has 1 aliphatic carbocycles. The number of hydrogen-bond acceptors (Lipinski definition) is 4. The summed E-state index contributed by atoms with van der Waals surface area (Å²) >= 11 is 6.22. The maximum Gasteiger partial charge on any atom is 0.137 e. The number of ether oxygens (including phenoxy) is 1. The summed E-state index contributed by atoms with van der Waals surface area (Å²) in [4.78, 5) is 11.3. The Morgan fingerprint density at radius 2 is 2.11 bits per heavy atom. The lowest BCUT2D eigenvalue weighted by atomic mass is 10.3. The van der Waals surface area contributed by atoms with Crippen molar-refractivity contribution in [3.63, 3.8) is 0 Å². The molecule has 1 heterocycles. The van der Waals surface area contributed by atoms with Gasteiger partial charge in [-0.25, -0.2) is 9.97 Å². The van der Waals surface area contributed by atoms with E-state index in [9.17, 15) is 0 Å². The molecular formula is C13H20ClN3O. The molecular weight excluding hydrogens is 250 g/mol. The number of halogens is 1. The highest BCUT2D eigenvalue weighted by Gasteiger charge is 2.28. The molecule has 0 N–H and O–H groups in total. The number of rotatable bonds is 6. The Hall–Kier alpha value is -0.870. The second kappa shape index (κ2) is 5.85. The zero-order valence-electron chi connectivity index (χ0n) is 11.2. The van der Waals surface area contributed by atoms with Gasteiger partial charge in [0.05, 0.1) is 6.61 Å². The Morgan fingerprint density at radius 1 is 1.39 bits per heavy atom. The fourth-order valence-electron chi connectivity index (χ4n) is 1.94. The van der Waals surface area contributed by atoms with E-state index in [0.717, 1.165) is 30.3 Å². The first-order valence-corrected chi connectivity index (χ1v) is 6.83. The van der Waals surface area contributed by atoms with Gasteiger partial charge < -0.3 is 9.64 Å². The minimum absolute atomic E-state index is 0.517. The summed E-state index contributed by atoms with van der Waals surface area (Å²) in [5.41, 5.74) is 0.957. The summed E-state index contributed by atoms with van der Waals surface area (Å²) in [6, 6.07) is 0. The minimum Gasteiger partial charge on any atom is -0.383 e. The van der Waals surface area contributed by atoms with Crippen molar-refractivity contribution in [3.8, 4) is 0 Å². The second-order valence-electron chi connectivity index (χ2n) is 4.67. The molecule has 4 nitrogen and oxygen atoms in total. The highest BCUT2D eigenvalue weighted by atomic mass is 35.5. The SMILES string of the molecule is CCN(CCOC)c1nc(C2CC2)nc(Cl)c1C. The molecule has 1 fully saturated rings. The monoisotopic (exact) mass is 269 g/mol. The van der Waals surface area contributed by atoms with Gasteiger partial charge in [0, 0.05) is 31.7 Å². The molecule has 0 aromatic carbocycles. The lowest BCUT2D eigenvalue weighted by molar-refractivity contribution is 0.205. The Labute approximate surface area is 113 Å². The zero-order chi connectivity index (χ0) is 13.1. The van der Waals surface area contributed by atoms with Gasteiger partial charge in [-0.3, -0.25) is 0 Å². The molecule has 18 heavy (non-hydrogen) atoms. The minimum atomic E-state index is 0.517. The molecule has 0 saturated heterocycles. The van der Waals surface area contributed by atoms with E-state index in [1.54, 1.807) is 7.11 Å². The first-order valence-electron chi connectivity index (χ1n) is 6.45. The first-order chi connectivity index (χ1) is 8.67. The predicted octanol–water partition coefficient (Wildman–Crippen LogP) is 2.79. The van der Waals surface area contributed by atoms with Crippen molar-refractivity contribution < 1.29 is 4.74 Å². The molecule has 0 atom stereocenters. The van der Waals surface area contributed by atoms with Crippen LogP contribution in [0.15, 0.2) is 0 Å². The van der Waals surface area contributed by atoms with Crippen LogP contribution >= 0.6 is 11.6 Å². The van der Waals surface area contributed by atoms with Crippen LogP contribution in [0.5, 0.6) is 0 Å². The van der Waals surface area contributed by atoms with Crippen molar-refractivity contribution in [2.24, 2.45) is 0 Å². The van der Waals surface area contributed by atoms with Crippen LogP contribution in [-0.4, -0.2) is 36.8 Å². The molecule has 0 bridgehead atoms. The van der Waals surface area contributed by atoms with Crippen LogP contribution in [0.2, 0.25) is 5.15 Å². The summed E-state index contributed by atoms with van der Waals surface area (Å²) in [6.07, 6.45) is 2.37. The normalized spacial score (nSPS) is 14.9. The van der Waals surface area contributed by atoms with Crippen molar-refractivity contribution >= 4 is 17.4 Å². The Morgan fingerprint density at radius 3 is 2.67 bits per heavy atom. The lowest BCUT2D eigenvalue weighted by Crippen LogP contribution is -2.29. The highest BCUT2D eigenvalue weighted by molar-refractivity contribution is 6.30. The Kier molecular flexibility index (Phi) is 4.40. The van der Waals surface area contributed by atoms with Crippen molar-refractivity contribution in [3.05, 3.63) is 16.5 Å². The first kappa shape index (κ1) is 13.6. The van der Waals surface area contributed by atoms with Crippen LogP contribution in [0.3, 0.4) is 0 Å². The van der Waals surface area contributed by atoms with Crippen LogP contribution in [0.25, 0.3) is 0 Å². The topological polar surface area (TPSA) is 38.2 Å². The highest BCUT2D eigenvalue weighted by Crippen LogP contribution is 2.39. The van der Waals surface area contributed by atoms with E-state index in [0.29, 0.717) is 17.7 Å². The summed E-state index contributed by atoms with van der Waals surface area (Å²) < 4.78 is 5.14. The average Bonchev–Trinajstić information content (AvgIpc) is 3.19. The predicted molar refractivity (Wildman–Crippen MR) is 73.5 cm³/mol. The molecule has 1 aromatic rings. The van der Waals surface area contributed by atoms with Crippen LogP contribution in [-0.2, 0) is 4.74 Å². The van der Waals surface area contributed by atoms with Gasteiger partial charge in [-0.15, -0.1) is 0 Å². The van der Waals surface area contributed by atoms with E-state index in [2.05, 4.69) is 16.8 Å². The van der Waals surface area contributed by atoms with Crippen LogP contribution < -0.4 is 4.90 Å². The number of aromatic nitrogens is 2. The van der Waals surface area contributed by atoms with Crippen LogP contribution in [0.4, 0.5) is 5.82 Å². The second-order valence-corrected chi connectivity index (χ2v) is 5.03. The maximum absolute atomic E-state index is 6.22. The smallest absolute Gasteiger partial charge is 0.137 e.